The number of fused-ring (bicyclic) bond motifs is 6. The summed E-state index contributed by atoms with van der Waals surface area (Å²) in [6, 6.07) is 22.0. The summed E-state index contributed by atoms with van der Waals surface area (Å²) in [5.41, 5.74) is 7.31. The maximum atomic E-state index is 14.1. The van der Waals surface area contributed by atoms with Gasteiger partial charge in [-0.1, -0.05) is 69.3 Å². The molecule has 4 aromatic carbocycles. The van der Waals surface area contributed by atoms with Crippen LogP contribution in [0.5, 0.6) is 5.75 Å². The number of carbonyl (C=O) groups excluding carboxylic acids is 3. The van der Waals surface area contributed by atoms with Gasteiger partial charge in [-0.05, 0) is 76.6 Å². The fraction of sp³-hybridized carbons (Fsp3) is 0.408. The van der Waals surface area contributed by atoms with Crippen LogP contribution in [0.1, 0.15) is 74.5 Å². The van der Waals surface area contributed by atoms with Crippen LogP contribution in [0, 0.1) is 17.8 Å². The van der Waals surface area contributed by atoms with Crippen LogP contribution in [0.15, 0.2) is 79.0 Å². The van der Waals surface area contributed by atoms with Crippen molar-refractivity contribution in [1.82, 2.24) is 40.4 Å². The van der Waals surface area contributed by atoms with E-state index in [1.165, 1.54) is 14.2 Å². The summed E-state index contributed by atoms with van der Waals surface area (Å²) < 4.78 is 21.7. The largest absolute Gasteiger partial charge is 0.488 e. The molecule has 0 saturated carbocycles. The van der Waals surface area contributed by atoms with Crippen molar-refractivity contribution >= 4 is 39.9 Å². The second kappa shape index (κ2) is 18.2. The number of aliphatic hydroxyl groups excluding tert-OH is 1. The summed E-state index contributed by atoms with van der Waals surface area (Å²) in [5.74, 6) is 2.20. The van der Waals surface area contributed by atoms with Crippen LogP contribution in [0.4, 0.5) is 9.59 Å². The summed E-state index contributed by atoms with van der Waals surface area (Å²) in [6.45, 7) is 7.91. The molecule has 0 aliphatic carbocycles. The summed E-state index contributed by atoms with van der Waals surface area (Å²) in [4.78, 5) is 59.6. The van der Waals surface area contributed by atoms with Gasteiger partial charge in [0.15, 0.2) is 0 Å². The van der Waals surface area contributed by atoms with Crippen LogP contribution < -0.4 is 15.4 Å². The summed E-state index contributed by atoms with van der Waals surface area (Å²) in [6.07, 6.45) is 0.964. The van der Waals surface area contributed by atoms with Gasteiger partial charge in [-0.2, -0.15) is 0 Å². The maximum Gasteiger partial charge on any atom is 0.407 e. The number of H-pyrrole nitrogens is 2. The van der Waals surface area contributed by atoms with E-state index >= 15 is 0 Å². The van der Waals surface area contributed by atoms with Crippen molar-refractivity contribution in [1.29, 1.82) is 0 Å². The van der Waals surface area contributed by atoms with Gasteiger partial charge < -0.3 is 49.6 Å². The third-order valence-corrected chi connectivity index (χ3v) is 13.2. The number of nitrogens with zero attached hydrogens (tertiary/aromatic N) is 4. The topological polar surface area (TPSA) is 196 Å². The van der Waals surface area contributed by atoms with Gasteiger partial charge >= 0.3 is 12.2 Å². The normalized spacial score (nSPS) is 20.8. The Morgan fingerprint density at radius 2 is 1.68 bits per heavy atom. The average molecular weight is 885 g/mol. The highest BCUT2D eigenvalue weighted by Crippen LogP contribution is 2.44. The second-order valence-corrected chi connectivity index (χ2v) is 17.9. The first-order valence-corrected chi connectivity index (χ1v) is 22.2. The van der Waals surface area contributed by atoms with Gasteiger partial charge in [-0.25, -0.2) is 19.6 Å². The van der Waals surface area contributed by atoms with Crippen molar-refractivity contribution in [3.8, 4) is 28.1 Å². The SMILES string of the molecule is COC[C@H]1C[C@@H](c2nc3c(ccc4cc5c(cc43)OCc3cc(-c4cnc([C@@H]6C[C@H](C)CN6C(O)[C@H](NC(=O)OC)c6ccccc6)[nH]4)ccc3-5)[nH]2)N(C(=O)[C@@H](NC(=O)OC)C(C)C)C1. The Kier molecular flexibility index (Phi) is 12.2. The summed E-state index contributed by atoms with van der Waals surface area (Å²) >= 11 is 0. The molecule has 0 radical (unpaired) electrons. The first-order chi connectivity index (χ1) is 31.4. The molecule has 16 nitrogen and oxygen atoms in total. The number of imidazole rings is 2. The molecule has 2 aromatic heterocycles. The number of nitrogens with one attached hydrogen (secondary N) is 4. The van der Waals surface area contributed by atoms with Crippen LogP contribution in [0.25, 0.3) is 44.2 Å². The third kappa shape index (κ3) is 8.49. The minimum atomic E-state index is -1.04. The number of aliphatic hydroxyl groups is 1. The van der Waals surface area contributed by atoms with E-state index in [2.05, 4.69) is 63.9 Å². The van der Waals surface area contributed by atoms with Crippen LogP contribution in [0.2, 0.25) is 0 Å². The Hall–Kier alpha value is -6.49. The third-order valence-electron chi connectivity index (χ3n) is 13.2. The lowest BCUT2D eigenvalue weighted by Crippen LogP contribution is -2.51. The molecule has 16 heteroatoms. The Morgan fingerprint density at radius 3 is 2.43 bits per heavy atom. The number of amides is 3. The van der Waals surface area contributed by atoms with Crippen LogP contribution >= 0.6 is 0 Å². The molecule has 65 heavy (non-hydrogen) atoms. The lowest BCUT2D eigenvalue weighted by molar-refractivity contribution is -0.135. The lowest BCUT2D eigenvalue weighted by Gasteiger charge is -2.34. The molecule has 5 heterocycles. The molecule has 1 unspecified atom stereocenters. The number of aromatic amines is 2. The highest BCUT2D eigenvalue weighted by Gasteiger charge is 2.43. The number of likely N-dealkylation sites (tertiary alicyclic amines) is 2. The second-order valence-electron chi connectivity index (χ2n) is 17.9. The number of rotatable bonds is 12. The van der Waals surface area contributed by atoms with E-state index in [1.807, 2.05) is 66.2 Å². The van der Waals surface area contributed by atoms with Gasteiger partial charge in [-0.15, -0.1) is 0 Å². The van der Waals surface area contributed by atoms with Crippen molar-refractivity contribution in [3.05, 3.63) is 102 Å². The molecule has 7 atom stereocenters. The first kappa shape index (κ1) is 43.7. The molecule has 6 aromatic rings. The number of ether oxygens (including phenoxy) is 4. The Balaban J connectivity index is 0.971. The molecule has 9 rings (SSSR count). The van der Waals surface area contributed by atoms with E-state index in [-0.39, 0.29) is 35.7 Å². The minimum Gasteiger partial charge on any atom is -0.488 e. The van der Waals surface area contributed by atoms with Gasteiger partial charge in [0.2, 0.25) is 5.91 Å². The molecule has 0 bridgehead atoms. The Bertz CT molecular complexity index is 2720. The van der Waals surface area contributed by atoms with E-state index < -0.39 is 30.5 Å². The number of hydrogen-bond donors (Lipinski definition) is 5. The van der Waals surface area contributed by atoms with Gasteiger partial charge in [0.25, 0.3) is 0 Å². The molecule has 2 fully saturated rings. The molecule has 5 N–H and O–H groups in total. The van der Waals surface area contributed by atoms with E-state index in [1.54, 1.807) is 7.11 Å². The predicted molar refractivity (Wildman–Crippen MR) is 244 cm³/mol. The van der Waals surface area contributed by atoms with Crippen molar-refractivity contribution in [2.24, 2.45) is 17.8 Å². The van der Waals surface area contributed by atoms with Crippen molar-refractivity contribution in [3.63, 3.8) is 0 Å². The monoisotopic (exact) mass is 884 g/mol. The molecular formula is C49H56N8O8. The van der Waals surface area contributed by atoms with Crippen molar-refractivity contribution in [2.75, 3.05) is 41.0 Å². The molecule has 3 aliphatic rings. The molecule has 340 valence electrons. The smallest absolute Gasteiger partial charge is 0.407 e. The number of alkyl carbamates (subject to hydrolysis) is 2. The van der Waals surface area contributed by atoms with Crippen molar-refractivity contribution in [2.45, 2.75) is 70.6 Å². The average Bonchev–Trinajstić information content (AvgIpc) is 4.15. The summed E-state index contributed by atoms with van der Waals surface area (Å²) in [5, 5.41) is 19.3. The van der Waals surface area contributed by atoms with Gasteiger partial charge in [0.05, 0.1) is 61.9 Å². The van der Waals surface area contributed by atoms with Crippen molar-refractivity contribution < 1.29 is 38.4 Å². The first-order valence-electron chi connectivity index (χ1n) is 22.2. The molecule has 2 saturated heterocycles. The van der Waals surface area contributed by atoms with E-state index in [0.29, 0.717) is 38.5 Å². The summed E-state index contributed by atoms with van der Waals surface area (Å²) in [7, 11) is 4.26. The van der Waals surface area contributed by atoms with Gasteiger partial charge in [0.1, 0.15) is 36.3 Å². The van der Waals surface area contributed by atoms with Gasteiger partial charge in [0, 0.05) is 37.1 Å². The zero-order valence-corrected chi connectivity index (χ0v) is 37.5. The number of aromatic nitrogens is 4. The van der Waals surface area contributed by atoms with E-state index in [9.17, 15) is 19.5 Å². The quantitative estimate of drug-likeness (QED) is 0.0823. The number of methoxy groups -OCH3 is 3. The zero-order valence-electron chi connectivity index (χ0n) is 37.5. The number of hydrogen-bond acceptors (Lipinski definition) is 11. The molecular weight excluding hydrogens is 829 g/mol. The highest BCUT2D eigenvalue weighted by molar-refractivity contribution is 6.07. The van der Waals surface area contributed by atoms with E-state index in [0.717, 1.165) is 73.3 Å². The fourth-order valence-corrected chi connectivity index (χ4v) is 9.95. The zero-order chi connectivity index (χ0) is 45.5. The standard InChI is InChI=1S/C49H56N8O8/c1-26(2)41(54-48(60)63-5)46(58)57-23-28(24-62-4)17-39(57)45-51-36-15-13-30-19-35-33-14-12-31(18-32(33)25-65-40(35)20-34(30)43(36)53-45)37-21-50-44(52-37)38-16-27(3)22-56(38)47(59)42(55-49(61)64-6)29-10-8-7-9-11-29/h7-15,18-21,26-28,38-39,41-42,47,59H,16-17,22-25H2,1-6H3,(H,50,52)(H,51,53)(H,54,60)(H,55,61)/t27-,28-,38-,39-,41-,42+,47?/m0/s1. The minimum absolute atomic E-state index is 0.0955. The van der Waals surface area contributed by atoms with Crippen LogP contribution in [0.3, 0.4) is 0 Å². The fourth-order valence-electron chi connectivity index (χ4n) is 9.95. The Morgan fingerprint density at radius 1 is 0.892 bits per heavy atom. The predicted octanol–water partition coefficient (Wildman–Crippen LogP) is 7.38. The van der Waals surface area contributed by atoms with E-state index in [4.69, 9.17) is 28.9 Å². The highest BCUT2D eigenvalue weighted by atomic mass is 16.5. The Labute approximate surface area is 377 Å². The molecule has 3 amide bonds. The number of carbonyl (C=O) groups is 3. The van der Waals surface area contributed by atoms with Crippen LogP contribution in [-0.4, -0.2) is 106 Å². The maximum absolute atomic E-state index is 14.1. The molecule has 3 aliphatic heterocycles. The number of benzene rings is 4. The lowest BCUT2D eigenvalue weighted by atomic mass is 9.92. The van der Waals surface area contributed by atoms with Crippen LogP contribution in [-0.2, 0) is 25.6 Å². The van der Waals surface area contributed by atoms with Gasteiger partial charge in [-0.3, -0.25) is 9.69 Å². The molecule has 0 spiro atoms.